The predicted molar refractivity (Wildman–Crippen MR) is 116 cm³/mol. The Hall–Kier alpha value is -2.44. The molecule has 3 aromatic carbocycles. The molecule has 0 aliphatic carbocycles. The maximum Gasteiger partial charge on any atom is 0.310 e. The van der Waals surface area contributed by atoms with E-state index in [-0.39, 0.29) is 5.92 Å². The minimum Gasteiger partial charge on any atom is -0.481 e. The molecule has 0 spiro atoms. The zero-order chi connectivity index (χ0) is 19.1. The van der Waals surface area contributed by atoms with Crippen molar-refractivity contribution < 1.29 is 9.90 Å². The van der Waals surface area contributed by atoms with Crippen LogP contribution < -0.4 is 15.9 Å². The van der Waals surface area contributed by atoms with E-state index in [2.05, 4.69) is 79.7 Å². The summed E-state index contributed by atoms with van der Waals surface area (Å²) >= 11 is 0. The first-order valence-corrected chi connectivity index (χ1v) is 11.4. The molecule has 0 amide bonds. The van der Waals surface area contributed by atoms with Gasteiger partial charge in [-0.1, -0.05) is 67.9 Å². The van der Waals surface area contributed by atoms with E-state index in [0.717, 1.165) is 6.42 Å². The van der Waals surface area contributed by atoms with Crippen LogP contribution in [0, 0.1) is 5.92 Å². The van der Waals surface area contributed by atoms with Crippen molar-refractivity contribution in [2.24, 2.45) is 5.92 Å². The Labute approximate surface area is 162 Å². The number of carbonyl (C=O) groups is 1. The molecular formula is C24H26O2P+. The molecule has 3 aromatic rings. The van der Waals surface area contributed by atoms with Gasteiger partial charge in [0.1, 0.15) is 23.2 Å². The largest absolute Gasteiger partial charge is 0.481 e. The maximum absolute atomic E-state index is 12.1. The topological polar surface area (TPSA) is 37.3 Å². The Balaban J connectivity index is 2.27. The Morgan fingerprint density at radius 3 is 1.44 bits per heavy atom. The third kappa shape index (κ3) is 4.12. The summed E-state index contributed by atoms with van der Waals surface area (Å²) in [4.78, 5) is 12.1. The Bertz CT molecular complexity index is 751. The fourth-order valence-corrected chi connectivity index (χ4v) is 8.35. The zero-order valence-electron chi connectivity index (χ0n) is 15.7. The quantitative estimate of drug-likeness (QED) is 0.588. The molecule has 0 bridgehead atoms. The smallest absolute Gasteiger partial charge is 0.310 e. The van der Waals surface area contributed by atoms with Gasteiger partial charge in [0.15, 0.2) is 0 Å². The van der Waals surface area contributed by atoms with Crippen LogP contribution in [0.4, 0.5) is 0 Å². The SMILES string of the molecule is CCCC(C[P+](c1ccccc1)(c1ccccc1)c1ccccc1)C(=O)O. The zero-order valence-corrected chi connectivity index (χ0v) is 16.6. The summed E-state index contributed by atoms with van der Waals surface area (Å²) in [5.41, 5.74) is 0. The molecule has 0 aliphatic heterocycles. The molecule has 1 atom stereocenters. The van der Waals surface area contributed by atoms with Gasteiger partial charge >= 0.3 is 5.97 Å². The van der Waals surface area contributed by atoms with E-state index in [9.17, 15) is 9.90 Å². The van der Waals surface area contributed by atoms with Gasteiger partial charge < -0.3 is 5.11 Å². The number of hydrogen-bond donors (Lipinski definition) is 1. The van der Waals surface area contributed by atoms with Crippen LogP contribution >= 0.6 is 7.26 Å². The van der Waals surface area contributed by atoms with E-state index < -0.39 is 13.2 Å². The second kappa shape index (κ2) is 8.97. The van der Waals surface area contributed by atoms with Crippen LogP contribution in [-0.4, -0.2) is 17.2 Å². The molecule has 27 heavy (non-hydrogen) atoms. The number of hydrogen-bond acceptors (Lipinski definition) is 1. The molecule has 1 unspecified atom stereocenters. The third-order valence-corrected chi connectivity index (χ3v) is 9.60. The molecule has 2 nitrogen and oxygen atoms in total. The molecule has 0 heterocycles. The molecular weight excluding hydrogens is 351 g/mol. The van der Waals surface area contributed by atoms with Gasteiger partial charge in [0.05, 0.1) is 12.1 Å². The van der Waals surface area contributed by atoms with Crippen LogP contribution in [0.15, 0.2) is 91.0 Å². The molecule has 0 aliphatic rings. The van der Waals surface area contributed by atoms with Gasteiger partial charge in [-0.05, 0) is 42.8 Å². The van der Waals surface area contributed by atoms with Crippen LogP contribution in [0.5, 0.6) is 0 Å². The van der Waals surface area contributed by atoms with Gasteiger partial charge in [-0.25, -0.2) is 0 Å². The van der Waals surface area contributed by atoms with Crippen molar-refractivity contribution in [2.45, 2.75) is 19.8 Å². The van der Waals surface area contributed by atoms with Gasteiger partial charge in [-0.15, -0.1) is 0 Å². The van der Waals surface area contributed by atoms with Crippen molar-refractivity contribution >= 4 is 29.1 Å². The highest BCUT2D eigenvalue weighted by Gasteiger charge is 2.48. The number of rotatable bonds is 8. The highest BCUT2D eigenvalue weighted by molar-refractivity contribution is 7.95. The highest BCUT2D eigenvalue weighted by Crippen LogP contribution is 2.57. The average Bonchev–Trinajstić information content (AvgIpc) is 2.73. The minimum absolute atomic E-state index is 0.357. The van der Waals surface area contributed by atoms with Gasteiger partial charge in [-0.3, -0.25) is 4.79 Å². The summed E-state index contributed by atoms with van der Waals surface area (Å²) in [7, 11) is -2.07. The summed E-state index contributed by atoms with van der Waals surface area (Å²) < 4.78 is 0. The summed E-state index contributed by atoms with van der Waals surface area (Å²) in [5.74, 6) is -1.05. The van der Waals surface area contributed by atoms with Crippen molar-refractivity contribution in [3.63, 3.8) is 0 Å². The molecule has 1 N–H and O–H groups in total. The van der Waals surface area contributed by atoms with Gasteiger partial charge in [-0.2, -0.15) is 0 Å². The van der Waals surface area contributed by atoms with E-state index in [1.165, 1.54) is 15.9 Å². The van der Waals surface area contributed by atoms with Gasteiger partial charge in [0, 0.05) is 0 Å². The highest BCUT2D eigenvalue weighted by atomic mass is 31.2. The lowest BCUT2D eigenvalue weighted by Crippen LogP contribution is -2.37. The Kier molecular flexibility index (Phi) is 6.42. The summed E-state index contributed by atoms with van der Waals surface area (Å²) in [5, 5.41) is 13.6. The average molecular weight is 377 g/mol. The Morgan fingerprint density at radius 1 is 0.778 bits per heavy atom. The van der Waals surface area contributed by atoms with Crippen molar-refractivity contribution in [2.75, 3.05) is 6.16 Å². The van der Waals surface area contributed by atoms with E-state index in [0.29, 0.717) is 12.6 Å². The van der Waals surface area contributed by atoms with Crippen LogP contribution in [0.3, 0.4) is 0 Å². The second-order valence-corrected chi connectivity index (χ2v) is 10.4. The Morgan fingerprint density at radius 2 is 1.15 bits per heavy atom. The summed E-state index contributed by atoms with van der Waals surface area (Å²) in [6, 6.07) is 31.4. The molecule has 0 saturated carbocycles. The first-order chi connectivity index (χ1) is 13.2. The summed E-state index contributed by atoms with van der Waals surface area (Å²) in [6.45, 7) is 2.06. The van der Waals surface area contributed by atoms with E-state index in [1.807, 2.05) is 18.2 Å². The molecule has 3 heteroatoms. The van der Waals surface area contributed by atoms with Gasteiger partial charge in [0.2, 0.25) is 0 Å². The lowest BCUT2D eigenvalue weighted by molar-refractivity contribution is -0.141. The lowest BCUT2D eigenvalue weighted by atomic mass is 10.1. The van der Waals surface area contributed by atoms with E-state index in [1.54, 1.807) is 0 Å². The van der Waals surface area contributed by atoms with Crippen LogP contribution in [0.25, 0.3) is 0 Å². The van der Waals surface area contributed by atoms with Crippen molar-refractivity contribution in [3.05, 3.63) is 91.0 Å². The standard InChI is InChI=1S/C24H25O2P/c1-2-12-20(24(25)26)19-27(21-13-6-3-7-14-21,22-15-8-4-9-16-22)23-17-10-5-11-18-23/h3-11,13-18,20H,2,12,19H2,1H3/p+1. The number of aliphatic carboxylic acids is 1. The molecule has 0 saturated heterocycles. The molecule has 0 fully saturated rings. The summed E-state index contributed by atoms with van der Waals surface area (Å²) in [6.07, 6.45) is 2.22. The van der Waals surface area contributed by atoms with Crippen LogP contribution in [-0.2, 0) is 4.79 Å². The second-order valence-electron chi connectivity index (χ2n) is 6.82. The minimum atomic E-state index is -2.07. The molecule has 3 rings (SSSR count). The molecule has 138 valence electrons. The first-order valence-electron chi connectivity index (χ1n) is 9.46. The van der Waals surface area contributed by atoms with Crippen LogP contribution in [0.1, 0.15) is 19.8 Å². The number of carboxylic acids is 1. The van der Waals surface area contributed by atoms with Crippen molar-refractivity contribution in [1.82, 2.24) is 0 Å². The predicted octanol–water partition coefficient (Wildman–Crippen LogP) is 4.48. The molecule has 0 aromatic heterocycles. The van der Waals surface area contributed by atoms with E-state index in [4.69, 9.17) is 0 Å². The van der Waals surface area contributed by atoms with Gasteiger partial charge in [0.25, 0.3) is 0 Å². The maximum atomic E-state index is 12.1. The van der Waals surface area contributed by atoms with Crippen molar-refractivity contribution in [1.29, 1.82) is 0 Å². The third-order valence-electron chi connectivity index (χ3n) is 5.07. The number of benzene rings is 3. The molecule has 0 radical (unpaired) electrons. The lowest BCUT2D eigenvalue weighted by Gasteiger charge is -2.29. The fourth-order valence-electron chi connectivity index (χ4n) is 3.78. The van der Waals surface area contributed by atoms with Crippen LogP contribution in [0.2, 0.25) is 0 Å². The van der Waals surface area contributed by atoms with E-state index >= 15 is 0 Å². The monoisotopic (exact) mass is 377 g/mol. The normalized spacial score (nSPS) is 12.5. The first kappa shape index (κ1) is 19.3. The van der Waals surface area contributed by atoms with Crippen molar-refractivity contribution in [3.8, 4) is 0 Å². The number of carboxylic acid groups (broad SMARTS) is 1. The fraction of sp³-hybridized carbons (Fsp3) is 0.208.